The van der Waals surface area contributed by atoms with E-state index in [1.807, 2.05) is 0 Å². The second kappa shape index (κ2) is 16.5. The Morgan fingerprint density at radius 2 is 1.08 bits per heavy atom. The fourth-order valence-corrected chi connectivity index (χ4v) is 6.27. The van der Waals surface area contributed by atoms with Crippen LogP contribution in [0.25, 0.3) is 44.1 Å². The summed E-state index contributed by atoms with van der Waals surface area (Å²) in [5.74, 6) is -1.41. The first-order valence-corrected chi connectivity index (χ1v) is 17.8. The van der Waals surface area contributed by atoms with Gasteiger partial charge in [0, 0.05) is 38.3 Å². The zero-order chi connectivity index (χ0) is 36.8. The number of aromatic nitrogens is 4. The number of likely N-dealkylation sites (N-methyl/N-ethyl adjacent to an activating group) is 2. The van der Waals surface area contributed by atoms with Crippen LogP contribution in [0.4, 0.5) is 11.6 Å². The molecule has 14 nitrogen and oxygen atoms in total. The Bertz CT molecular complexity index is 2110. The Morgan fingerprint density at radius 1 is 0.673 bits per heavy atom. The largest absolute Gasteiger partial charge is 0.450 e. The minimum atomic E-state index is -0.893. The van der Waals surface area contributed by atoms with Crippen molar-refractivity contribution in [3.63, 3.8) is 0 Å². The van der Waals surface area contributed by atoms with Crippen molar-refractivity contribution in [1.82, 2.24) is 30.2 Å². The number of hydrogen-bond acceptors (Lipinski definition) is 14. The average Bonchev–Trinajstić information content (AvgIpc) is 3.73. The van der Waals surface area contributed by atoms with Crippen molar-refractivity contribution in [3.8, 4) is 11.5 Å². The predicted octanol–water partition coefficient (Wildman–Crippen LogP) is 6.95. The summed E-state index contributed by atoms with van der Waals surface area (Å²) in [6.07, 6.45) is 1.89. The van der Waals surface area contributed by atoms with Crippen LogP contribution in [0.15, 0.2) is 57.4 Å². The predicted molar refractivity (Wildman–Crippen MR) is 202 cm³/mol. The van der Waals surface area contributed by atoms with Gasteiger partial charge in [0.2, 0.25) is 22.7 Å². The normalized spacial score (nSPS) is 11.9. The summed E-state index contributed by atoms with van der Waals surface area (Å²) in [6.45, 7) is 14.2. The molecule has 6 rings (SSSR count). The Kier molecular flexibility index (Phi) is 11.7. The minimum Gasteiger partial charge on any atom is -0.450 e. The number of furan rings is 2. The number of hydrogen-bond donors (Lipinski definition) is 2. The number of benzene rings is 2. The summed E-state index contributed by atoms with van der Waals surface area (Å²) in [7, 11) is 0. The Labute approximate surface area is 309 Å². The number of carbonyl (C=O) groups excluding carboxylic acids is 2. The molecular weight excluding hydrogens is 711 g/mol. The molecule has 4 aromatic heterocycles. The molecule has 2 N–H and O–H groups in total. The van der Waals surface area contributed by atoms with Crippen molar-refractivity contribution in [2.75, 3.05) is 63.0 Å². The van der Waals surface area contributed by atoms with Crippen LogP contribution in [0.5, 0.6) is 11.5 Å². The van der Waals surface area contributed by atoms with Gasteiger partial charge in [0.05, 0.1) is 20.8 Å². The second-order valence-electron chi connectivity index (χ2n) is 11.6. The van der Waals surface area contributed by atoms with E-state index >= 15 is 0 Å². The van der Waals surface area contributed by atoms with Crippen LogP contribution in [0, 0.1) is 0 Å². The lowest BCUT2D eigenvalue weighted by Gasteiger charge is -2.18. The highest BCUT2D eigenvalue weighted by atomic mass is 35.5. The summed E-state index contributed by atoms with van der Waals surface area (Å²) in [4.78, 5) is 31.0. The summed E-state index contributed by atoms with van der Waals surface area (Å²) >= 11 is 12.9. The maximum atomic E-state index is 13.3. The molecule has 52 heavy (non-hydrogen) atoms. The summed E-state index contributed by atoms with van der Waals surface area (Å²) < 4.78 is 23.6. The molecule has 0 bridgehead atoms. The number of halogens is 2. The molecule has 6 aromatic rings. The van der Waals surface area contributed by atoms with E-state index in [0.717, 1.165) is 38.3 Å². The van der Waals surface area contributed by atoms with Gasteiger partial charge in [-0.15, -0.1) is 20.4 Å². The molecule has 0 saturated heterocycles. The van der Waals surface area contributed by atoms with E-state index < -0.39 is 11.9 Å². The van der Waals surface area contributed by atoms with Crippen LogP contribution >= 0.6 is 23.2 Å². The molecule has 0 aliphatic rings. The first-order valence-electron chi connectivity index (χ1n) is 17.0. The number of esters is 2. The quantitative estimate of drug-likeness (QED) is 0.0773. The number of ether oxygens (including phenoxy) is 2. The van der Waals surface area contributed by atoms with Crippen LogP contribution in [0.3, 0.4) is 0 Å². The van der Waals surface area contributed by atoms with E-state index in [4.69, 9.17) is 41.5 Å². The average molecular weight is 750 g/mol. The summed E-state index contributed by atoms with van der Waals surface area (Å²) in [5.41, 5.74) is 1.87. The molecule has 0 radical (unpaired) electrons. The van der Waals surface area contributed by atoms with Crippen molar-refractivity contribution in [1.29, 1.82) is 0 Å². The number of rotatable bonds is 16. The van der Waals surface area contributed by atoms with E-state index in [9.17, 15) is 9.59 Å². The zero-order valence-electron chi connectivity index (χ0n) is 29.2. The van der Waals surface area contributed by atoms with E-state index in [0.29, 0.717) is 69.2 Å². The number of nitrogens with zero attached hydrogens (tertiary/aromatic N) is 6. The highest BCUT2D eigenvalue weighted by Crippen LogP contribution is 2.41. The van der Waals surface area contributed by atoms with Crippen molar-refractivity contribution in [3.05, 3.63) is 58.6 Å². The molecule has 0 saturated carbocycles. The Balaban J connectivity index is 1.27. The van der Waals surface area contributed by atoms with Gasteiger partial charge in [-0.3, -0.25) is 0 Å². The van der Waals surface area contributed by atoms with Gasteiger partial charge in [-0.05, 0) is 50.4 Å². The molecule has 0 amide bonds. The molecule has 272 valence electrons. The Hall–Kier alpha value is -5.02. The van der Waals surface area contributed by atoms with Crippen LogP contribution in [0.1, 0.15) is 27.7 Å². The first-order chi connectivity index (χ1) is 25.3. The summed E-state index contributed by atoms with van der Waals surface area (Å²) in [5, 5.41) is 25.5. The van der Waals surface area contributed by atoms with Crippen LogP contribution in [-0.4, -0.2) is 94.5 Å². The van der Waals surface area contributed by atoms with Crippen LogP contribution < -0.4 is 20.1 Å². The molecule has 2 aromatic carbocycles. The van der Waals surface area contributed by atoms with Gasteiger partial charge >= 0.3 is 11.9 Å². The van der Waals surface area contributed by atoms with Gasteiger partial charge in [0.25, 0.3) is 0 Å². The maximum Gasteiger partial charge on any atom is 0.336 e. The highest BCUT2D eigenvalue weighted by molar-refractivity contribution is 6.38. The molecule has 0 fully saturated rings. The lowest BCUT2D eigenvalue weighted by atomic mass is 10.2. The lowest BCUT2D eigenvalue weighted by Crippen LogP contribution is -2.29. The van der Waals surface area contributed by atoms with Crippen molar-refractivity contribution >= 4 is 90.9 Å². The molecule has 16 heteroatoms. The Morgan fingerprint density at radius 3 is 1.46 bits per heavy atom. The maximum absolute atomic E-state index is 13.3. The summed E-state index contributed by atoms with van der Waals surface area (Å²) in [6, 6.07) is 10.3. The van der Waals surface area contributed by atoms with Gasteiger partial charge in [-0.1, -0.05) is 63.0 Å². The molecule has 0 aliphatic heterocycles. The molecule has 0 aliphatic carbocycles. The van der Waals surface area contributed by atoms with Crippen LogP contribution in [0.2, 0.25) is 10.0 Å². The SMILES string of the molecule is CCN(CC)CCNc1nnc2c(oc3cccc(Cl)c32)c1OC(=O)/C=C/C(=O)Oc1c(NCCN(CC)CC)nnc2c1oc1cccc(Cl)c12. The van der Waals surface area contributed by atoms with E-state index in [1.165, 1.54) is 0 Å². The van der Waals surface area contributed by atoms with Crippen molar-refractivity contribution in [2.24, 2.45) is 0 Å². The van der Waals surface area contributed by atoms with Gasteiger partial charge < -0.3 is 38.7 Å². The monoisotopic (exact) mass is 748 g/mol. The number of carbonyl (C=O) groups is 2. The lowest BCUT2D eigenvalue weighted by molar-refractivity contribution is -0.131. The zero-order valence-corrected chi connectivity index (χ0v) is 30.7. The topological polar surface area (TPSA) is 161 Å². The standard InChI is InChI=1S/C36H38Cl2N8O6/c1-5-45(6-2)19-17-39-35-33(31-29(41-43-35)27-21(37)11-9-13-23(27)49-31)51-25(47)15-16-26(48)52-34-32-30(28-22(38)12-10-14-24(28)50-32)42-44-36(34)40-18-20-46(7-3)8-4/h9-16H,5-8,17-20H2,1-4H3,(H,39,43)(H,40,44)/b16-15+. The fraction of sp³-hybridized carbons (Fsp3) is 0.333. The third-order valence-corrected chi connectivity index (χ3v) is 9.24. The molecule has 0 spiro atoms. The molecule has 0 atom stereocenters. The molecule has 0 unspecified atom stereocenters. The highest BCUT2D eigenvalue weighted by Gasteiger charge is 2.24. The second-order valence-corrected chi connectivity index (χ2v) is 12.4. The number of nitrogens with one attached hydrogen (secondary N) is 2. The number of fused-ring (bicyclic) bond motifs is 6. The number of anilines is 2. The molecule has 4 heterocycles. The van der Waals surface area contributed by atoms with E-state index in [2.05, 4.69) is 68.5 Å². The van der Waals surface area contributed by atoms with Gasteiger partial charge in [0.1, 0.15) is 22.2 Å². The van der Waals surface area contributed by atoms with Gasteiger partial charge in [0.15, 0.2) is 11.6 Å². The third-order valence-electron chi connectivity index (χ3n) is 8.61. The smallest absolute Gasteiger partial charge is 0.336 e. The minimum absolute atomic E-state index is 0.00119. The van der Waals surface area contributed by atoms with Gasteiger partial charge in [-0.25, -0.2) is 9.59 Å². The first kappa shape index (κ1) is 36.8. The van der Waals surface area contributed by atoms with Crippen molar-refractivity contribution < 1.29 is 27.9 Å². The van der Waals surface area contributed by atoms with Gasteiger partial charge in [-0.2, -0.15) is 0 Å². The third kappa shape index (κ3) is 7.75. The molecular formula is C36H38Cl2N8O6. The van der Waals surface area contributed by atoms with Crippen molar-refractivity contribution in [2.45, 2.75) is 27.7 Å². The van der Waals surface area contributed by atoms with E-state index in [-0.39, 0.29) is 34.3 Å². The van der Waals surface area contributed by atoms with E-state index in [1.54, 1.807) is 36.4 Å². The fourth-order valence-electron chi connectivity index (χ4n) is 5.76. The van der Waals surface area contributed by atoms with Crippen LogP contribution in [-0.2, 0) is 9.59 Å².